The number of rotatable bonds is 4. The zero-order chi connectivity index (χ0) is 17.4. The van der Waals surface area contributed by atoms with Crippen LogP contribution in [0.2, 0.25) is 0 Å². The lowest BCUT2D eigenvalue weighted by molar-refractivity contribution is 0.0548. The van der Waals surface area contributed by atoms with Crippen molar-refractivity contribution in [1.82, 2.24) is 20.0 Å². The Morgan fingerprint density at radius 3 is 2.56 bits per heavy atom. The van der Waals surface area contributed by atoms with Crippen LogP contribution in [-0.2, 0) is 4.74 Å². The maximum atomic E-state index is 12.6. The van der Waals surface area contributed by atoms with Gasteiger partial charge in [-0.25, -0.2) is 4.68 Å². The molecule has 2 aliphatic rings. The second kappa shape index (κ2) is 6.61. The monoisotopic (exact) mass is 340 g/mol. The second-order valence-electron chi connectivity index (χ2n) is 7.02. The van der Waals surface area contributed by atoms with Crippen LogP contribution in [0.25, 0.3) is 5.69 Å². The molecule has 2 aliphatic heterocycles. The van der Waals surface area contributed by atoms with Crippen LogP contribution in [0.1, 0.15) is 28.2 Å². The highest BCUT2D eigenvalue weighted by molar-refractivity contribution is 5.95. The minimum atomic E-state index is 0.0978. The number of likely N-dealkylation sites (tertiary alicyclic amines) is 1. The SMILES string of the molecule is Cc1cc(C)n(-c2ccc(C(=O)N3CC(NC4CCOC4)C3)cc2)n1. The Hall–Kier alpha value is -2.18. The van der Waals surface area contributed by atoms with Crippen LogP contribution in [0.5, 0.6) is 0 Å². The van der Waals surface area contributed by atoms with E-state index in [4.69, 9.17) is 4.74 Å². The molecule has 1 atom stereocenters. The lowest BCUT2D eigenvalue weighted by Gasteiger charge is -2.41. The molecule has 2 saturated heterocycles. The zero-order valence-electron chi connectivity index (χ0n) is 14.7. The fourth-order valence-corrected chi connectivity index (χ4v) is 3.57. The molecule has 0 bridgehead atoms. The second-order valence-corrected chi connectivity index (χ2v) is 7.02. The van der Waals surface area contributed by atoms with Crippen molar-refractivity contribution in [3.05, 3.63) is 47.3 Å². The van der Waals surface area contributed by atoms with E-state index >= 15 is 0 Å². The van der Waals surface area contributed by atoms with Gasteiger partial charge in [0.25, 0.3) is 5.91 Å². The summed E-state index contributed by atoms with van der Waals surface area (Å²) in [4.78, 5) is 14.5. The van der Waals surface area contributed by atoms with E-state index < -0.39 is 0 Å². The van der Waals surface area contributed by atoms with Gasteiger partial charge in [-0.15, -0.1) is 0 Å². The standard InChI is InChI=1S/C19H24N4O2/c1-13-9-14(2)23(21-13)18-5-3-15(4-6-18)19(24)22-10-17(11-22)20-16-7-8-25-12-16/h3-6,9,16-17,20H,7-8,10-12H2,1-2H3. The highest BCUT2D eigenvalue weighted by Gasteiger charge is 2.33. The number of carbonyl (C=O) groups is 1. The Morgan fingerprint density at radius 1 is 1.20 bits per heavy atom. The molecule has 2 aromatic rings. The Bertz CT molecular complexity index is 756. The lowest BCUT2D eigenvalue weighted by atomic mass is 10.0. The number of hydrogen-bond acceptors (Lipinski definition) is 4. The zero-order valence-corrected chi connectivity index (χ0v) is 14.7. The fraction of sp³-hybridized carbons (Fsp3) is 0.474. The topological polar surface area (TPSA) is 59.4 Å². The molecule has 2 fully saturated rings. The highest BCUT2D eigenvalue weighted by Crippen LogP contribution is 2.18. The number of amides is 1. The number of benzene rings is 1. The van der Waals surface area contributed by atoms with Crippen molar-refractivity contribution in [2.24, 2.45) is 0 Å². The summed E-state index contributed by atoms with van der Waals surface area (Å²) < 4.78 is 7.28. The summed E-state index contributed by atoms with van der Waals surface area (Å²) >= 11 is 0. The Kier molecular flexibility index (Phi) is 4.31. The van der Waals surface area contributed by atoms with Gasteiger partial charge in [0.2, 0.25) is 0 Å². The third-order valence-corrected chi connectivity index (χ3v) is 4.94. The Balaban J connectivity index is 1.36. The molecule has 0 aliphatic carbocycles. The minimum Gasteiger partial charge on any atom is -0.380 e. The smallest absolute Gasteiger partial charge is 0.253 e. The third kappa shape index (κ3) is 3.32. The summed E-state index contributed by atoms with van der Waals surface area (Å²) in [5, 5.41) is 8.04. The largest absolute Gasteiger partial charge is 0.380 e. The average molecular weight is 340 g/mol. The van der Waals surface area contributed by atoms with Crippen LogP contribution in [0.15, 0.2) is 30.3 Å². The molecular formula is C19H24N4O2. The van der Waals surface area contributed by atoms with E-state index in [0.717, 1.165) is 55.4 Å². The molecule has 6 heteroatoms. The molecule has 1 aromatic carbocycles. The molecule has 6 nitrogen and oxygen atoms in total. The van der Waals surface area contributed by atoms with E-state index in [1.165, 1.54) is 0 Å². The molecule has 4 rings (SSSR count). The maximum absolute atomic E-state index is 12.6. The quantitative estimate of drug-likeness (QED) is 0.920. The van der Waals surface area contributed by atoms with Crippen LogP contribution in [-0.4, -0.2) is 59.0 Å². The van der Waals surface area contributed by atoms with Gasteiger partial charge in [-0.1, -0.05) is 0 Å². The molecule has 132 valence electrons. The molecule has 1 N–H and O–H groups in total. The van der Waals surface area contributed by atoms with Crippen LogP contribution < -0.4 is 5.32 Å². The number of ether oxygens (including phenoxy) is 1. The Morgan fingerprint density at radius 2 is 1.96 bits per heavy atom. The minimum absolute atomic E-state index is 0.0978. The van der Waals surface area contributed by atoms with Crippen LogP contribution >= 0.6 is 0 Å². The van der Waals surface area contributed by atoms with E-state index in [1.54, 1.807) is 0 Å². The first-order valence-corrected chi connectivity index (χ1v) is 8.87. The first kappa shape index (κ1) is 16.3. The summed E-state index contributed by atoms with van der Waals surface area (Å²) in [5.41, 5.74) is 3.79. The summed E-state index contributed by atoms with van der Waals surface area (Å²) in [6.07, 6.45) is 1.07. The summed E-state index contributed by atoms with van der Waals surface area (Å²) in [5.74, 6) is 0.0978. The molecular weight excluding hydrogens is 316 g/mol. The van der Waals surface area contributed by atoms with Crippen molar-refractivity contribution in [3.8, 4) is 5.69 Å². The van der Waals surface area contributed by atoms with Gasteiger partial charge >= 0.3 is 0 Å². The average Bonchev–Trinajstić information content (AvgIpc) is 3.19. The summed E-state index contributed by atoms with van der Waals surface area (Å²) in [7, 11) is 0. The van der Waals surface area contributed by atoms with Crippen molar-refractivity contribution < 1.29 is 9.53 Å². The van der Waals surface area contributed by atoms with E-state index in [-0.39, 0.29) is 5.91 Å². The van der Waals surface area contributed by atoms with Crippen molar-refractivity contribution in [3.63, 3.8) is 0 Å². The molecule has 0 spiro atoms. The van der Waals surface area contributed by atoms with Crippen molar-refractivity contribution in [1.29, 1.82) is 0 Å². The van der Waals surface area contributed by atoms with Gasteiger partial charge in [-0.05, 0) is 50.6 Å². The summed E-state index contributed by atoms with van der Waals surface area (Å²) in [6.45, 7) is 7.19. The lowest BCUT2D eigenvalue weighted by Crippen LogP contribution is -2.61. The number of carbonyl (C=O) groups excluding carboxylic acids is 1. The molecule has 0 saturated carbocycles. The number of nitrogens with one attached hydrogen (secondary N) is 1. The van der Waals surface area contributed by atoms with E-state index in [9.17, 15) is 4.79 Å². The number of hydrogen-bond donors (Lipinski definition) is 1. The highest BCUT2D eigenvalue weighted by atomic mass is 16.5. The number of nitrogens with zero attached hydrogens (tertiary/aromatic N) is 3. The molecule has 3 heterocycles. The van der Waals surface area contributed by atoms with Crippen molar-refractivity contribution in [2.45, 2.75) is 32.4 Å². The van der Waals surface area contributed by atoms with E-state index in [0.29, 0.717) is 12.1 Å². The van der Waals surface area contributed by atoms with Crippen molar-refractivity contribution >= 4 is 5.91 Å². The first-order chi connectivity index (χ1) is 12.1. The molecule has 1 unspecified atom stereocenters. The predicted molar refractivity (Wildman–Crippen MR) is 95.1 cm³/mol. The third-order valence-electron chi connectivity index (χ3n) is 4.94. The van der Waals surface area contributed by atoms with Gasteiger partial charge in [0.05, 0.1) is 18.0 Å². The van der Waals surface area contributed by atoms with Crippen LogP contribution in [0.4, 0.5) is 0 Å². The van der Waals surface area contributed by atoms with Crippen LogP contribution in [0, 0.1) is 13.8 Å². The van der Waals surface area contributed by atoms with E-state index in [1.807, 2.05) is 53.8 Å². The number of aryl methyl sites for hydroxylation is 2. The normalized spacial score (nSPS) is 20.7. The van der Waals surface area contributed by atoms with Gasteiger partial charge < -0.3 is 15.0 Å². The Labute approximate surface area is 147 Å². The molecule has 1 amide bonds. The predicted octanol–water partition coefficient (Wildman–Crippen LogP) is 1.69. The molecule has 1 aromatic heterocycles. The van der Waals surface area contributed by atoms with Gasteiger partial charge in [-0.3, -0.25) is 4.79 Å². The molecule has 0 radical (unpaired) electrons. The van der Waals surface area contributed by atoms with Crippen LogP contribution in [0.3, 0.4) is 0 Å². The first-order valence-electron chi connectivity index (χ1n) is 8.87. The number of aromatic nitrogens is 2. The molecule has 25 heavy (non-hydrogen) atoms. The van der Waals surface area contributed by atoms with Gasteiger partial charge in [0.15, 0.2) is 0 Å². The van der Waals surface area contributed by atoms with E-state index in [2.05, 4.69) is 10.4 Å². The van der Waals surface area contributed by atoms with Gasteiger partial charge in [0.1, 0.15) is 0 Å². The fourth-order valence-electron chi connectivity index (χ4n) is 3.57. The summed E-state index contributed by atoms with van der Waals surface area (Å²) in [6, 6.07) is 10.6. The maximum Gasteiger partial charge on any atom is 0.253 e. The van der Waals surface area contributed by atoms with Crippen molar-refractivity contribution in [2.75, 3.05) is 26.3 Å². The van der Waals surface area contributed by atoms with Gasteiger partial charge in [0, 0.05) is 43.0 Å². The van der Waals surface area contributed by atoms with Gasteiger partial charge in [-0.2, -0.15) is 5.10 Å².